The van der Waals surface area contributed by atoms with Crippen molar-refractivity contribution in [3.63, 3.8) is 0 Å². The van der Waals surface area contributed by atoms with Gasteiger partial charge in [0.15, 0.2) is 17.7 Å². The molecule has 0 saturated carbocycles. The molecule has 1 heterocycles. The molecule has 8 heteroatoms. The summed E-state index contributed by atoms with van der Waals surface area (Å²) in [5.41, 5.74) is 0.503. The molecule has 1 aromatic heterocycles. The molecular formula is C10H15IN2O5. The number of halogens is 1. The normalized spacial score (nSPS) is 10.9. The van der Waals surface area contributed by atoms with Gasteiger partial charge in [-0.25, -0.2) is 0 Å². The highest BCUT2D eigenvalue weighted by molar-refractivity contribution is 14.1. The summed E-state index contributed by atoms with van der Waals surface area (Å²) in [6.07, 6.45) is -0.525. The van der Waals surface area contributed by atoms with Crippen molar-refractivity contribution >= 4 is 28.5 Å². The molecule has 1 aromatic rings. The highest BCUT2D eigenvalue weighted by Crippen LogP contribution is 2.17. The largest absolute Gasteiger partial charge is 0.391 e. The van der Waals surface area contributed by atoms with Crippen LogP contribution in [0, 0.1) is 0 Å². The van der Waals surface area contributed by atoms with Crippen LogP contribution in [0.4, 0.5) is 0 Å². The molecule has 0 saturated heterocycles. The number of hydrogen-bond acceptors (Lipinski definition) is 6. The van der Waals surface area contributed by atoms with E-state index in [4.69, 9.17) is 14.0 Å². The SMILES string of the molecule is COC(CNC(=O)c1noc(CI)c1CO)OC. The van der Waals surface area contributed by atoms with Gasteiger partial charge in [-0.3, -0.25) is 4.79 Å². The highest BCUT2D eigenvalue weighted by Gasteiger charge is 2.21. The van der Waals surface area contributed by atoms with Crippen LogP contribution in [0.2, 0.25) is 0 Å². The molecule has 0 aliphatic rings. The zero-order valence-electron chi connectivity index (χ0n) is 10.1. The van der Waals surface area contributed by atoms with E-state index in [2.05, 4.69) is 33.1 Å². The minimum atomic E-state index is -0.525. The summed E-state index contributed by atoms with van der Waals surface area (Å²) in [6.45, 7) is -0.105. The number of ether oxygens (including phenoxy) is 2. The van der Waals surface area contributed by atoms with Gasteiger partial charge in [-0.05, 0) is 0 Å². The van der Waals surface area contributed by atoms with E-state index in [1.807, 2.05) is 0 Å². The molecule has 0 unspecified atom stereocenters. The zero-order valence-corrected chi connectivity index (χ0v) is 12.3. The molecular weight excluding hydrogens is 355 g/mol. The van der Waals surface area contributed by atoms with Gasteiger partial charge in [0.05, 0.1) is 23.1 Å². The Morgan fingerprint density at radius 2 is 2.22 bits per heavy atom. The summed E-state index contributed by atoms with van der Waals surface area (Å²) in [5.74, 6) is 0.0660. The number of rotatable bonds is 7. The number of carbonyl (C=O) groups is 1. The Morgan fingerprint density at radius 1 is 1.56 bits per heavy atom. The Balaban J connectivity index is 2.69. The molecule has 7 nitrogen and oxygen atoms in total. The third-order valence-corrected chi connectivity index (χ3v) is 3.01. The Labute approximate surface area is 118 Å². The van der Waals surface area contributed by atoms with Crippen LogP contribution in [-0.4, -0.2) is 43.2 Å². The third kappa shape index (κ3) is 3.64. The number of hydrogen-bond donors (Lipinski definition) is 2. The summed E-state index contributed by atoms with van der Waals surface area (Å²) >= 11 is 2.07. The summed E-state index contributed by atoms with van der Waals surface area (Å²) < 4.78 is 15.4. The zero-order chi connectivity index (χ0) is 13.5. The molecule has 1 rings (SSSR count). The first-order valence-corrected chi connectivity index (χ1v) is 6.68. The van der Waals surface area contributed by atoms with E-state index < -0.39 is 12.2 Å². The van der Waals surface area contributed by atoms with Gasteiger partial charge in [-0.1, -0.05) is 27.7 Å². The van der Waals surface area contributed by atoms with E-state index in [1.54, 1.807) is 0 Å². The lowest BCUT2D eigenvalue weighted by Gasteiger charge is -2.13. The molecule has 2 N–H and O–H groups in total. The van der Waals surface area contributed by atoms with Crippen molar-refractivity contribution in [2.75, 3.05) is 20.8 Å². The lowest BCUT2D eigenvalue weighted by atomic mass is 10.2. The second kappa shape index (κ2) is 7.67. The molecule has 0 bridgehead atoms. The number of aliphatic hydroxyl groups excluding tert-OH is 1. The van der Waals surface area contributed by atoms with Gasteiger partial charge in [0.1, 0.15) is 0 Å². The highest BCUT2D eigenvalue weighted by atomic mass is 127. The lowest BCUT2D eigenvalue weighted by molar-refractivity contribution is -0.0974. The van der Waals surface area contributed by atoms with Crippen LogP contribution < -0.4 is 5.32 Å². The van der Waals surface area contributed by atoms with E-state index in [-0.39, 0.29) is 18.8 Å². The lowest BCUT2D eigenvalue weighted by Crippen LogP contribution is -2.34. The minimum Gasteiger partial charge on any atom is -0.391 e. The fourth-order valence-corrected chi connectivity index (χ4v) is 1.91. The van der Waals surface area contributed by atoms with E-state index in [9.17, 15) is 9.90 Å². The minimum absolute atomic E-state index is 0.0927. The van der Waals surface area contributed by atoms with Crippen molar-refractivity contribution in [3.05, 3.63) is 17.0 Å². The van der Waals surface area contributed by atoms with Crippen LogP contribution >= 0.6 is 22.6 Å². The van der Waals surface area contributed by atoms with Gasteiger partial charge in [0, 0.05) is 14.2 Å². The maximum Gasteiger partial charge on any atom is 0.274 e. The maximum atomic E-state index is 11.8. The van der Waals surface area contributed by atoms with E-state index >= 15 is 0 Å². The quantitative estimate of drug-likeness (QED) is 0.411. The number of nitrogens with zero attached hydrogens (tertiary/aromatic N) is 1. The van der Waals surface area contributed by atoms with E-state index in [0.717, 1.165) is 0 Å². The molecule has 0 aliphatic heterocycles. The summed E-state index contributed by atoms with van der Waals surface area (Å²) in [7, 11) is 2.95. The fraction of sp³-hybridized carbons (Fsp3) is 0.600. The van der Waals surface area contributed by atoms with E-state index in [0.29, 0.717) is 15.8 Å². The summed E-state index contributed by atoms with van der Waals surface area (Å²) in [5, 5.41) is 15.4. The predicted octanol–water partition coefficient (Wildman–Crippen LogP) is 0.451. The number of aromatic nitrogens is 1. The molecule has 0 radical (unpaired) electrons. The van der Waals surface area contributed by atoms with Gasteiger partial charge in [0.25, 0.3) is 5.91 Å². The number of carbonyl (C=O) groups excluding carboxylic acids is 1. The topological polar surface area (TPSA) is 93.8 Å². The monoisotopic (exact) mass is 370 g/mol. The van der Waals surface area contributed by atoms with Crippen LogP contribution in [0.3, 0.4) is 0 Å². The molecule has 0 aromatic carbocycles. The Morgan fingerprint density at radius 3 is 2.72 bits per heavy atom. The molecule has 0 spiro atoms. The number of amides is 1. The fourth-order valence-electron chi connectivity index (χ4n) is 1.31. The number of methoxy groups -OCH3 is 2. The molecule has 0 atom stereocenters. The standard InChI is InChI=1S/C10H15IN2O5/c1-16-8(17-2)4-12-10(15)9-6(5-14)7(3-11)18-13-9/h8,14H,3-5H2,1-2H3,(H,12,15). The Bertz CT molecular complexity index is 392. The number of aliphatic hydroxyl groups is 1. The smallest absolute Gasteiger partial charge is 0.274 e. The second-order valence-electron chi connectivity index (χ2n) is 3.34. The van der Waals surface area contributed by atoms with Crippen LogP contribution in [-0.2, 0) is 20.5 Å². The van der Waals surface area contributed by atoms with Gasteiger partial charge in [0.2, 0.25) is 0 Å². The summed E-state index contributed by atoms with van der Waals surface area (Å²) in [4.78, 5) is 11.8. The molecule has 18 heavy (non-hydrogen) atoms. The number of nitrogens with one attached hydrogen (secondary N) is 1. The Hall–Kier alpha value is -0.710. The van der Waals surface area contributed by atoms with Crippen LogP contribution in [0.15, 0.2) is 4.52 Å². The van der Waals surface area contributed by atoms with Gasteiger partial charge in [-0.2, -0.15) is 0 Å². The first kappa shape index (κ1) is 15.3. The molecule has 0 aliphatic carbocycles. The predicted molar refractivity (Wildman–Crippen MR) is 70.3 cm³/mol. The van der Waals surface area contributed by atoms with Crippen molar-refractivity contribution in [1.29, 1.82) is 0 Å². The average Bonchev–Trinajstić information content (AvgIpc) is 2.82. The van der Waals surface area contributed by atoms with Crippen LogP contribution in [0.25, 0.3) is 0 Å². The van der Waals surface area contributed by atoms with Crippen molar-refractivity contribution in [2.45, 2.75) is 17.3 Å². The van der Waals surface area contributed by atoms with Gasteiger partial charge >= 0.3 is 0 Å². The summed E-state index contributed by atoms with van der Waals surface area (Å²) in [6, 6.07) is 0. The van der Waals surface area contributed by atoms with Crippen molar-refractivity contribution in [1.82, 2.24) is 10.5 Å². The first-order valence-electron chi connectivity index (χ1n) is 5.15. The van der Waals surface area contributed by atoms with Crippen molar-refractivity contribution in [2.24, 2.45) is 0 Å². The van der Waals surface area contributed by atoms with Crippen molar-refractivity contribution < 1.29 is 23.9 Å². The first-order chi connectivity index (χ1) is 8.67. The average molecular weight is 370 g/mol. The van der Waals surface area contributed by atoms with Gasteiger partial charge < -0.3 is 24.4 Å². The molecule has 1 amide bonds. The number of alkyl halides is 1. The van der Waals surface area contributed by atoms with E-state index in [1.165, 1.54) is 14.2 Å². The van der Waals surface area contributed by atoms with Crippen molar-refractivity contribution in [3.8, 4) is 0 Å². The maximum absolute atomic E-state index is 11.8. The van der Waals surface area contributed by atoms with Crippen LogP contribution in [0.5, 0.6) is 0 Å². The molecule has 102 valence electrons. The third-order valence-electron chi connectivity index (χ3n) is 2.32. The Kier molecular flexibility index (Phi) is 6.54. The van der Waals surface area contributed by atoms with Gasteiger partial charge in [-0.15, -0.1) is 0 Å². The molecule has 0 fully saturated rings. The van der Waals surface area contributed by atoms with Crippen LogP contribution in [0.1, 0.15) is 21.8 Å². The second-order valence-corrected chi connectivity index (χ2v) is 4.10.